The number of amides is 1. The van der Waals surface area contributed by atoms with Crippen molar-refractivity contribution in [3.63, 3.8) is 0 Å². The van der Waals surface area contributed by atoms with E-state index in [4.69, 9.17) is 5.11 Å². The number of aromatic amines is 1. The van der Waals surface area contributed by atoms with Crippen molar-refractivity contribution in [2.24, 2.45) is 0 Å². The molecule has 96 valence electrons. The SMILES string of the molecule is O=C(Nc1ccc(C#CCCO)cc1)c1cn[nH]c1. The molecule has 5 heteroatoms. The minimum atomic E-state index is -0.215. The molecule has 0 saturated heterocycles. The van der Waals surface area contributed by atoms with Crippen LogP contribution >= 0.6 is 0 Å². The van der Waals surface area contributed by atoms with Gasteiger partial charge in [-0.05, 0) is 24.3 Å². The first-order valence-corrected chi connectivity index (χ1v) is 5.79. The van der Waals surface area contributed by atoms with Gasteiger partial charge in [-0.3, -0.25) is 9.89 Å². The van der Waals surface area contributed by atoms with Gasteiger partial charge in [0.05, 0.1) is 18.4 Å². The minimum absolute atomic E-state index is 0.0614. The van der Waals surface area contributed by atoms with E-state index in [0.29, 0.717) is 17.7 Å². The van der Waals surface area contributed by atoms with Crippen LogP contribution in [0.4, 0.5) is 5.69 Å². The van der Waals surface area contributed by atoms with Gasteiger partial charge in [-0.2, -0.15) is 5.10 Å². The molecule has 0 saturated carbocycles. The fourth-order valence-electron chi connectivity index (χ4n) is 1.44. The molecule has 0 unspecified atom stereocenters. The van der Waals surface area contributed by atoms with Crippen molar-refractivity contribution in [3.05, 3.63) is 47.8 Å². The number of benzene rings is 1. The van der Waals surface area contributed by atoms with Crippen LogP contribution in [0.25, 0.3) is 0 Å². The highest BCUT2D eigenvalue weighted by Gasteiger charge is 2.06. The Morgan fingerprint density at radius 2 is 2.16 bits per heavy atom. The molecule has 0 aliphatic rings. The Kier molecular flexibility index (Phi) is 4.32. The van der Waals surface area contributed by atoms with Crippen molar-refractivity contribution >= 4 is 11.6 Å². The van der Waals surface area contributed by atoms with Crippen LogP contribution in [0, 0.1) is 11.8 Å². The molecule has 2 rings (SSSR count). The first-order chi connectivity index (χ1) is 9.29. The summed E-state index contributed by atoms with van der Waals surface area (Å²) in [6.07, 6.45) is 3.45. The molecule has 19 heavy (non-hydrogen) atoms. The first kappa shape index (κ1) is 12.9. The largest absolute Gasteiger partial charge is 0.395 e. The highest BCUT2D eigenvalue weighted by molar-refractivity contribution is 6.03. The van der Waals surface area contributed by atoms with Gasteiger partial charge in [-0.15, -0.1) is 0 Å². The van der Waals surface area contributed by atoms with Crippen LogP contribution in [0.3, 0.4) is 0 Å². The molecule has 1 amide bonds. The van der Waals surface area contributed by atoms with Crippen molar-refractivity contribution in [2.75, 3.05) is 11.9 Å². The Morgan fingerprint density at radius 3 is 2.79 bits per heavy atom. The third-order valence-electron chi connectivity index (χ3n) is 2.37. The minimum Gasteiger partial charge on any atom is -0.395 e. The van der Waals surface area contributed by atoms with E-state index < -0.39 is 0 Å². The average molecular weight is 255 g/mol. The van der Waals surface area contributed by atoms with E-state index in [2.05, 4.69) is 27.4 Å². The van der Waals surface area contributed by atoms with Crippen LogP contribution in [0.2, 0.25) is 0 Å². The number of hydrogen-bond acceptors (Lipinski definition) is 3. The maximum Gasteiger partial charge on any atom is 0.258 e. The number of carbonyl (C=O) groups is 1. The topological polar surface area (TPSA) is 78.0 Å². The van der Waals surface area contributed by atoms with Crippen molar-refractivity contribution in [3.8, 4) is 11.8 Å². The van der Waals surface area contributed by atoms with Crippen molar-refractivity contribution in [1.29, 1.82) is 0 Å². The van der Waals surface area contributed by atoms with Gasteiger partial charge >= 0.3 is 0 Å². The summed E-state index contributed by atoms with van der Waals surface area (Å²) in [7, 11) is 0. The molecule has 1 aromatic carbocycles. The molecule has 0 fully saturated rings. The van der Waals surface area contributed by atoms with Gasteiger partial charge in [0.25, 0.3) is 5.91 Å². The molecule has 1 heterocycles. The fraction of sp³-hybridized carbons (Fsp3) is 0.143. The molecule has 0 aliphatic carbocycles. The molecule has 1 aromatic heterocycles. The van der Waals surface area contributed by atoms with Crippen LogP contribution in [-0.2, 0) is 0 Å². The Hall–Kier alpha value is -2.58. The third-order valence-corrected chi connectivity index (χ3v) is 2.37. The summed E-state index contributed by atoms with van der Waals surface area (Å²) in [5.74, 6) is 5.54. The standard InChI is InChI=1S/C14H13N3O2/c18-8-2-1-3-11-4-6-13(7-5-11)17-14(19)12-9-15-16-10-12/h4-7,9-10,18H,2,8H2,(H,15,16)(H,17,19). The van der Waals surface area contributed by atoms with E-state index in [1.807, 2.05) is 12.1 Å². The zero-order valence-electron chi connectivity index (χ0n) is 10.2. The lowest BCUT2D eigenvalue weighted by Crippen LogP contribution is -2.10. The summed E-state index contributed by atoms with van der Waals surface area (Å²) < 4.78 is 0. The molecule has 0 spiro atoms. The molecule has 0 bridgehead atoms. The van der Waals surface area contributed by atoms with E-state index in [1.165, 1.54) is 12.4 Å². The first-order valence-electron chi connectivity index (χ1n) is 5.79. The van der Waals surface area contributed by atoms with E-state index in [-0.39, 0.29) is 12.5 Å². The van der Waals surface area contributed by atoms with Gasteiger partial charge in [0.1, 0.15) is 0 Å². The number of carbonyl (C=O) groups excluding carboxylic acids is 1. The zero-order chi connectivity index (χ0) is 13.5. The molecule has 2 aromatic rings. The normalized spacial score (nSPS) is 9.53. The van der Waals surface area contributed by atoms with E-state index >= 15 is 0 Å². The van der Waals surface area contributed by atoms with E-state index in [1.54, 1.807) is 12.1 Å². The number of hydrogen-bond donors (Lipinski definition) is 3. The van der Waals surface area contributed by atoms with Gasteiger partial charge in [-0.1, -0.05) is 11.8 Å². The fourth-order valence-corrected chi connectivity index (χ4v) is 1.44. The number of anilines is 1. The molecule has 0 aliphatic heterocycles. The highest BCUT2D eigenvalue weighted by Crippen LogP contribution is 2.10. The molecular weight excluding hydrogens is 242 g/mol. The predicted octanol–water partition coefficient (Wildman–Crippen LogP) is 1.40. The lowest BCUT2D eigenvalue weighted by Gasteiger charge is -2.03. The Balaban J connectivity index is 1.99. The van der Waals surface area contributed by atoms with Crippen molar-refractivity contribution < 1.29 is 9.90 Å². The van der Waals surface area contributed by atoms with Crippen LogP contribution in [0.5, 0.6) is 0 Å². The van der Waals surface area contributed by atoms with Crippen LogP contribution in [-0.4, -0.2) is 27.8 Å². The summed E-state index contributed by atoms with van der Waals surface area (Å²) in [6.45, 7) is 0.0614. The number of aliphatic hydroxyl groups is 1. The quantitative estimate of drug-likeness (QED) is 0.725. The monoisotopic (exact) mass is 255 g/mol. The number of H-pyrrole nitrogens is 1. The van der Waals surface area contributed by atoms with Gasteiger partial charge in [-0.25, -0.2) is 0 Å². The number of aromatic nitrogens is 2. The Labute approximate surface area is 110 Å². The predicted molar refractivity (Wildman–Crippen MR) is 71.6 cm³/mol. The Bertz CT molecular complexity index is 592. The van der Waals surface area contributed by atoms with Gasteiger partial charge < -0.3 is 10.4 Å². The second-order valence-electron chi connectivity index (χ2n) is 3.79. The van der Waals surface area contributed by atoms with Crippen LogP contribution < -0.4 is 5.32 Å². The summed E-state index contributed by atoms with van der Waals surface area (Å²) in [5.41, 5.74) is 2.01. The molecule has 3 N–H and O–H groups in total. The zero-order valence-corrected chi connectivity index (χ0v) is 10.2. The molecular formula is C14H13N3O2. The van der Waals surface area contributed by atoms with E-state index in [9.17, 15) is 4.79 Å². The maximum atomic E-state index is 11.7. The molecule has 0 radical (unpaired) electrons. The van der Waals surface area contributed by atoms with Crippen LogP contribution in [0.15, 0.2) is 36.7 Å². The number of aliphatic hydroxyl groups excluding tert-OH is 1. The molecule has 0 atom stereocenters. The molecule has 5 nitrogen and oxygen atoms in total. The number of nitrogens with zero attached hydrogens (tertiary/aromatic N) is 1. The Morgan fingerprint density at radius 1 is 1.37 bits per heavy atom. The van der Waals surface area contributed by atoms with Crippen molar-refractivity contribution in [1.82, 2.24) is 10.2 Å². The van der Waals surface area contributed by atoms with Gasteiger partial charge in [0.15, 0.2) is 0 Å². The number of rotatable bonds is 3. The smallest absolute Gasteiger partial charge is 0.258 e. The maximum absolute atomic E-state index is 11.7. The summed E-state index contributed by atoms with van der Waals surface area (Å²) >= 11 is 0. The average Bonchev–Trinajstić information content (AvgIpc) is 2.95. The lowest BCUT2D eigenvalue weighted by atomic mass is 10.2. The summed E-state index contributed by atoms with van der Waals surface area (Å²) in [4.78, 5) is 11.7. The lowest BCUT2D eigenvalue weighted by molar-refractivity contribution is 0.102. The summed E-state index contributed by atoms with van der Waals surface area (Å²) in [6, 6.07) is 7.19. The van der Waals surface area contributed by atoms with Gasteiger partial charge in [0, 0.05) is 23.9 Å². The highest BCUT2D eigenvalue weighted by atomic mass is 16.2. The second-order valence-corrected chi connectivity index (χ2v) is 3.79. The second kappa shape index (κ2) is 6.38. The van der Waals surface area contributed by atoms with Crippen molar-refractivity contribution in [2.45, 2.75) is 6.42 Å². The van der Waals surface area contributed by atoms with E-state index in [0.717, 1.165) is 5.56 Å². The number of nitrogens with one attached hydrogen (secondary N) is 2. The summed E-state index contributed by atoms with van der Waals surface area (Å²) in [5, 5.41) is 17.7. The third kappa shape index (κ3) is 3.69. The van der Waals surface area contributed by atoms with Crippen LogP contribution in [0.1, 0.15) is 22.3 Å². The van der Waals surface area contributed by atoms with Gasteiger partial charge in [0.2, 0.25) is 0 Å².